The molecule has 408 valence electrons. The van der Waals surface area contributed by atoms with Gasteiger partial charge in [0, 0.05) is 19.3 Å². The highest BCUT2D eigenvalue weighted by Crippen LogP contribution is 2.16. The topological polar surface area (TPSA) is 78.9 Å². The van der Waals surface area contributed by atoms with E-state index < -0.39 is 6.10 Å². The first-order valence-corrected chi connectivity index (χ1v) is 30.6. The minimum Gasteiger partial charge on any atom is -0.462 e. The number of esters is 3. The minimum atomic E-state index is -0.772. The molecule has 0 aliphatic rings. The number of rotatable bonds is 56. The van der Waals surface area contributed by atoms with Crippen LogP contribution in [0, 0.1) is 0 Å². The number of unbranched alkanes of at least 4 members (excludes halogenated alkanes) is 37. The average Bonchev–Trinajstić information content (AvgIpc) is 3.36. The van der Waals surface area contributed by atoms with Crippen LogP contribution in [-0.4, -0.2) is 37.2 Å². The fourth-order valence-corrected chi connectivity index (χ4v) is 8.92. The molecule has 1 atom stereocenters. The van der Waals surface area contributed by atoms with Gasteiger partial charge in [0.15, 0.2) is 6.10 Å². The molecule has 0 saturated carbocycles. The van der Waals surface area contributed by atoms with Gasteiger partial charge < -0.3 is 14.2 Å². The highest BCUT2D eigenvalue weighted by Gasteiger charge is 2.19. The first kappa shape index (κ1) is 67.4. The van der Waals surface area contributed by atoms with Gasteiger partial charge in [-0.05, 0) is 83.5 Å². The largest absolute Gasteiger partial charge is 0.462 e. The SMILES string of the molecule is CCCCCCC/C=C\C/C=C\C/C=C\CCCCCCCCCCCCC(=O)OCC(COC(=O)CCCCCCCCCC)OC(=O)CCCCCCCCCCC/C=C\CCCCCCCC. The second-order valence-electron chi connectivity index (χ2n) is 20.6. The zero-order chi connectivity index (χ0) is 50.7. The van der Waals surface area contributed by atoms with Crippen molar-refractivity contribution >= 4 is 17.9 Å². The molecule has 70 heavy (non-hydrogen) atoms. The maximum Gasteiger partial charge on any atom is 0.306 e. The van der Waals surface area contributed by atoms with Crippen molar-refractivity contribution in [2.24, 2.45) is 0 Å². The van der Waals surface area contributed by atoms with Crippen molar-refractivity contribution in [1.82, 2.24) is 0 Å². The summed E-state index contributed by atoms with van der Waals surface area (Å²) in [7, 11) is 0. The number of allylic oxidation sites excluding steroid dienone is 8. The van der Waals surface area contributed by atoms with Gasteiger partial charge in [0.2, 0.25) is 0 Å². The van der Waals surface area contributed by atoms with E-state index in [0.717, 1.165) is 70.6 Å². The molecular formula is C64H116O6. The van der Waals surface area contributed by atoms with E-state index in [1.165, 1.54) is 212 Å². The summed E-state index contributed by atoms with van der Waals surface area (Å²) in [4.78, 5) is 38.1. The first-order chi connectivity index (χ1) is 34.5. The Balaban J connectivity index is 4.18. The summed E-state index contributed by atoms with van der Waals surface area (Å²) >= 11 is 0. The number of ether oxygens (including phenoxy) is 3. The molecular weight excluding hydrogens is 865 g/mol. The van der Waals surface area contributed by atoms with Gasteiger partial charge in [0.25, 0.3) is 0 Å². The third-order valence-electron chi connectivity index (χ3n) is 13.6. The number of hydrogen-bond acceptors (Lipinski definition) is 6. The van der Waals surface area contributed by atoms with Crippen molar-refractivity contribution in [3.05, 3.63) is 48.6 Å². The van der Waals surface area contributed by atoms with Crippen molar-refractivity contribution in [1.29, 1.82) is 0 Å². The van der Waals surface area contributed by atoms with Crippen molar-refractivity contribution in [2.45, 2.75) is 329 Å². The van der Waals surface area contributed by atoms with Crippen LogP contribution in [0.15, 0.2) is 48.6 Å². The normalized spacial score (nSPS) is 12.3. The van der Waals surface area contributed by atoms with Gasteiger partial charge in [0.1, 0.15) is 13.2 Å². The Hall–Kier alpha value is -2.63. The molecule has 0 spiro atoms. The van der Waals surface area contributed by atoms with Crippen LogP contribution in [0.5, 0.6) is 0 Å². The fourth-order valence-electron chi connectivity index (χ4n) is 8.92. The van der Waals surface area contributed by atoms with Crippen molar-refractivity contribution in [2.75, 3.05) is 13.2 Å². The quantitative estimate of drug-likeness (QED) is 0.0261. The molecule has 6 nitrogen and oxygen atoms in total. The predicted molar refractivity (Wildman–Crippen MR) is 302 cm³/mol. The molecule has 0 bridgehead atoms. The number of hydrogen-bond donors (Lipinski definition) is 0. The standard InChI is InChI=1S/C64H116O6/c1-4-7-10-13-16-19-21-23-25-27-29-30-31-32-33-34-36-37-39-41-43-45-48-51-54-57-63(66)69-60-61(59-68-62(65)56-53-50-47-18-15-12-9-6-3)70-64(67)58-55-52-49-46-44-42-40-38-35-28-26-24-22-20-17-14-11-8-5-2/h21,23-24,26-27,29,31-32,61H,4-20,22,25,28,30,33-60H2,1-3H3/b23-21-,26-24-,29-27-,32-31-. The minimum absolute atomic E-state index is 0.0724. The molecule has 1 unspecified atom stereocenters. The zero-order valence-corrected chi connectivity index (χ0v) is 46.8. The lowest BCUT2D eigenvalue weighted by Crippen LogP contribution is -2.30. The van der Waals surface area contributed by atoms with Gasteiger partial charge >= 0.3 is 17.9 Å². The van der Waals surface area contributed by atoms with Crippen LogP contribution in [0.25, 0.3) is 0 Å². The monoisotopic (exact) mass is 981 g/mol. The Morgan fingerprint density at radius 3 is 0.814 bits per heavy atom. The number of carbonyl (C=O) groups excluding carboxylic acids is 3. The maximum atomic E-state index is 12.8. The Bertz CT molecular complexity index is 1220. The molecule has 0 aliphatic carbocycles. The lowest BCUT2D eigenvalue weighted by atomic mass is 10.0. The van der Waals surface area contributed by atoms with Gasteiger partial charge in [0.05, 0.1) is 0 Å². The molecule has 0 fully saturated rings. The molecule has 0 N–H and O–H groups in total. The molecule has 0 radical (unpaired) electrons. The van der Waals surface area contributed by atoms with Crippen molar-refractivity contribution < 1.29 is 28.6 Å². The Morgan fingerprint density at radius 1 is 0.286 bits per heavy atom. The smallest absolute Gasteiger partial charge is 0.306 e. The fraction of sp³-hybridized carbons (Fsp3) is 0.828. The number of carbonyl (C=O) groups is 3. The summed E-state index contributed by atoms with van der Waals surface area (Å²) in [6, 6.07) is 0. The van der Waals surface area contributed by atoms with Crippen molar-refractivity contribution in [3.63, 3.8) is 0 Å². The van der Waals surface area contributed by atoms with E-state index in [1.54, 1.807) is 0 Å². The molecule has 0 amide bonds. The van der Waals surface area contributed by atoms with Crippen LogP contribution in [-0.2, 0) is 28.6 Å². The summed E-state index contributed by atoms with van der Waals surface area (Å²) in [5.74, 6) is -0.868. The van der Waals surface area contributed by atoms with Gasteiger partial charge in [-0.1, -0.05) is 268 Å². The van der Waals surface area contributed by atoms with Gasteiger partial charge in [-0.2, -0.15) is 0 Å². The molecule has 0 aromatic carbocycles. The van der Waals surface area contributed by atoms with Gasteiger partial charge in [-0.25, -0.2) is 0 Å². The Kier molecular flexibility index (Phi) is 56.7. The van der Waals surface area contributed by atoms with Crippen LogP contribution in [0.3, 0.4) is 0 Å². The molecule has 0 heterocycles. The summed E-state index contributed by atoms with van der Waals surface area (Å²) in [5.41, 5.74) is 0. The van der Waals surface area contributed by atoms with Crippen LogP contribution >= 0.6 is 0 Å². The van der Waals surface area contributed by atoms with Gasteiger partial charge in [-0.3, -0.25) is 14.4 Å². The summed E-state index contributed by atoms with van der Waals surface area (Å²) in [6.45, 7) is 6.63. The lowest BCUT2D eigenvalue weighted by molar-refractivity contribution is -0.167. The Morgan fingerprint density at radius 2 is 0.514 bits per heavy atom. The van der Waals surface area contributed by atoms with Crippen LogP contribution in [0.1, 0.15) is 323 Å². The zero-order valence-electron chi connectivity index (χ0n) is 46.8. The van der Waals surface area contributed by atoms with E-state index in [0.29, 0.717) is 19.3 Å². The van der Waals surface area contributed by atoms with E-state index in [9.17, 15) is 14.4 Å². The van der Waals surface area contributed by atoms with Crippen LogP contribution in [0.4, 0.5) is 0 Å². The molecule has 0 rings (SSSR count). The maximum absolute atomic E-state index is 12.8. The average molecular weight is 982 g/mol. The highest BCUT2D eigenvalue weighted by molar-refractivity contribution is 5.71. The third-order valence-corrected chi connectivity index (χ3v) is 13.6. The van der Waals surface area contributed by atoms with Gasteiger partial charge in [-0.15, -0.1) is 0 Å². The van der Waals surface area contributed by atoms with E-state index >= 15 is 0 Å². The summed E-state index contributed by atoms with van der Waals surface area (Å²) < 4.78 is 16.8. The second kappa shape index (κ2) is 58.9. The highest BCUT2D eigenvalue weighted by atomic mass is 16.6. The molecule has 0 aromatic rings. The van der Waals surface area contributed by atoms with Crippen LogP contribution in [0.2, 0.25) is 0 Å². The lowest BCUT2D eigenvalue weighted by Gasteiger charge is -2.18. The molecule has 0 saturated heterocycles. The summed E-state index contributed by atoms with van der Waals surface area (Å²) in [6.07, 6.45) is 72.7. The molecule has 6 heteroatoms. The predicted octanol–water partition coefficient (Wildman–Crippen LogP) is 20.6. The van der Waals surface area contributed by atoms with E-state index in [-0.39, 0.29) is 31.1 Å². The second-order valence-corrected chi connectivity index (χ2v) is 20.6. The van der Waals surface area contributed by atoms with E-state index in [4.69, 9.17) is 14.2 Å². The third kappa shape index (κ3) is 56.3. The molecule has 0 aromatic heterocycles. The Labute approximate surface area is 435 Å². The first-order valence-electron chi connectivity index (χ1n) is 30.6. The summed E-state index contributed by atoms with van der Waals surface area (Å²) in [5, 5.41) is 0. The van der Waals surface area contributed by atoms with Crippen molar-refractivity contribution in [3.8, 4) is 0 Å². The van der Waals surface area contributed by atoms with Crippen LogP contribution < -0.4 is 0 Å². The molecule has 0 aliphatic heterocycles. The van der Waals surface area contributed by atoms with E-state index in [1.807, 2.05) is 0 Å². The van der Waals surface area contributed by atoms with E-state index in [2.05, 4.69) is 69.4 Å².